The lowest BCUT2D eigenvalue weighted by molar-refractivity contribution is -1.01. The summed E-state index contributed by atoms with van der Waals surface area (Å²) in [4.78, 5) is 27.2. The summed E-state index contributed by atoms with van der Waals surface area (Å²) in [6, 6.07) is 5.86. The van der Waals surface area contributed by atoms with Crippen molar-refractivity contribution >= 4 is 17.5 Å². The maximum Gasteiger partial charge on any atom is 0.279 e. The first-order chi connectivity index (χ1) is 14.5. The van der Waals surface area contributed by atoms with Crippen LogP contribution in [0.1, 0.15) is 39.0 Å². The van der Waals surface area contributed by atoms with Gasteiger partial charge in [-0.1, -0.05) is 17.7 Å². The lowest BCUT2D eigenvalue weighted by atomic mass is 9.97. The van der Waals surface area contributed by atoms with Crippen LogP contribution in [0.2, 0.25) is 0 Å². The number of quaternary nitrogens is 2. The molecule has 0 aromatic heterocycles. The second-order valence-electron chi connectivity index (χ2n) is 8.51. The van der Waals surface area contributed by atoms with Gasteiger partial charge in [0.25, 0.3) is 11.8 Å². The summed E-state index contributed by atoms with van der Waals surface area (Å²) < 4.78 is 13.2. The van der Waals surface area contributed by atoms with E-state index in [1.807, 2.05) is 6.92 Å². The van der Waals surface area contributed by atoms with E-state index in [0.717, 1.165) is 39.1 Å². The number of nitrogens with one attached hydrogen (secondary N) is 4. The van der Waals surface area contributed by atoms with E-state index in [9.17, 15) is 14.0 Å². The number of piperazine rings is 1. The van der Waals surface area contributed by atoms with Gasteiger partial charge in [0.15, 0.2) is 12.6 Å². The Morgan fingerprint density at radius 2 is 1.97 bits per heavy atom. The van der Waals surface area contributed by atoms with Crippen LogP contribution in [-0.4, -0.2) is 57.1 Å². The molecule has 1 aromatic rings. The Hall–Kier alpha value is -2.25. The number of hydrogen-bond donors (Lipinski definition) is 4. The summed E-state index contributed by atoms with van der Waals surface area (Å²) >= 11 is 0. The molecule has 3 rings (SSSR count). The van der Waals surface area contributed by atoms with Gasteiger partial charge in [-0.25, -0.2) is 4.39 Å². The molecular weight excluding hydrogens is 383 g/mol. The molecule has 4 N–H and O–H groups in total. The average Bonchev–Trinajstić information content (AvgIpc) is 2.74. The molecule has 0 saturated carbocycles. The first-order valence-electron chi connectivity index (χ1n) is 11.2. The van der Waals surface area contributed by atoms with Crippen molar-refractivity contribution in [3.05, 3.63) is 41.7 Å². The van der Waals surface area contributed by atoms with Crippen molar-refractivity contribution in [1.29, 1.82) is 0 Å². The average molecular weight is 419 g/mol. The van der Waals surface area contributed by atoms with E-state index in [1.54, 1.807) is 12.1 Å². The number of carbonyl (C=O) groups excluding carboxylic acids is 2. The minimum atomic E-state index is -0.361. The summed E-state index contributed by atoms with van der Waals surface area (Å²) in [5.41, 5.74) is 1.97. The number of amides is 2. The molecule has 0 unspecified atom stereocenters. The third-order valence-corrected chi connectivity index (χ3v) is 6.25. The zero-order valence-corrected chi connectivity index (χ0v) is 17.9. The Kier molecular flexibility index (Phi) is 8.39. The van der Waals surface area contributed by atoms with Crippen LogP contribution in [0.25, 0.3) is 0 Å². The van der Waals surface area contributed by atoms with Crippen LogP contribution in [-0.2, 0) is 9.59 Å². The fraction of sp³-hybridized carbons (Fsp3) is 0.565. The van der Waals surface area contributed by atoms with E-state index in [0.29, 0.717) is 12.2 Å². The first kappa shape index (κ1) is 22.4. The van der Waals surface area contributed by atoms with Gasteiger partial charge in [0.1, 0.15) is 32.0 Å². The molecule has 7 heteroatoms. The number of anilines is 1. The number of rotatable bonds is 8. The number of hydrogen-bond acceptors (Lipinski definition) is 2. The van der Waals surface area contributed by atoms with E-state index in [1.165, 1.54) is 53.2 Å². The largest absolute Gasteiger partial charge is 0.351 e. The number of halogens is 1. The summed E-state index contributed by atoms with van der Waals surface area (Å²) in [7, 11) is 0. The minimum absolute atomic E-state index is 0.0759. The molecule has 0 bridgehead atoms. The van der Waals surface area contributed by atoms with Gasteiger partial charge < -0.3 is 20.4 Å². The Bertz CT molecular complexity index is 759. The van der Waals surface area contributed by atoms with Crippen LogP contribution in [0.4, 0.5) is 10.1 Å². The van der Waals surface area contributed by atoms with Crippen LogP contribution in [0.5, 0.6) is 0 Å². The van der Waals surface area contributed by atoms with Gasteiger partial charge in [-0.2, -0.15) is 0 Å². The normalized spacial score (nSPS) is 22.7. The lowest BCUT2D eigenvalue weighted by Crippen LogP contribution is -3.30. The molecule has 2 aliphatic rings. The lowest BCUT2D eigenvalue weighted by Gasteiger charge is -2.32. The Morgan fingerprint density at radius 1 is 1.17 bits per heavy atom. The standard InChI is InChI=1S/C23H33FN4O2/c1-18(23(30)25-11-10-19-6-3-2-4-7-19)28-14-12-27(13-15-28)17-22(29)26-21-9-5-8-20(24)16-21/h5-6,8-9,16,18H,2-4,7,10-15,17H2,1H3,(H,25,30)(H,26,29)/p+2/t18-/m0/s1. The molecule has 1 aliphatic carbocycles. The third-order valence-electron chi connectivity index (χ3n) is 6.25. The molecule has 1 saturated heterocycles. The summed E-state index contributed by atoms with van der Waals surface area (Å²) in [6.07, 6.45) is 8.21. The minimum Gasteiger partial charge on any atom is -0.351 e. The van der Waals surface area contributed by atoms with Crippen molar-refractivity contribution in [3.8, 4) is 0 Å². The highest BCUT2D eigenvalue weighted by molar-refractivity contribution is 5.91. The third kappa shape index (κ3) is 6.92. The van der Waals surface area contributed by atoms with Gasteiger partial charge in [0, 0.05) is 12.2 Å². The van der Waals surface area contributed by atoms with Crippen molar-refractivity contribution in [2.75, 3.05) is 44.6 Å². The van der Waals surface area contributed by atoms with Crippen molar-refractivity contribution in [3.63, 3.8) is 0 Å². The second-order valence-corrected chi connectivity index (χ2v) is 8.51. The zero-order valence-electron chi connectivity index (χ0n) is 17.9. The van der Waals surface area contributed by atoms with Crippen LogP contribution >= 0.6 is 0 Å². The van der Waals surface area contributed by atoms with Crippen molar-refractivity contribution in [2.45, 2.75) is 45.1 Å². The van der Waals surface area contributed by atoms with E-state index >= 15 is 0 Å². The van der Waals surface area contributed by atoms with E-state index in [4.69, 9.17) is 0 Å². The fourth-order valence-corrected chi connectivity index (χ4v) is 4.35. The Labute approximate surface area is 178 Å². The first-order valence-corrected chi connectivity index (χ1v) is 11.2. The molecule has 0 radical (unpaired) electrons. The summed E-state index contributed by atoms with van der Waals surface area (Å²) in [5.74, 6) is -0.351. The molecular formula is C23H35FN4O2+2. The zero-order chi connectivity index (χ0) is 21.3. The van der Waals surface area contributed by atoms with Crippen molar-refractivity contribution in [2.24, 2.45) is 0 Å². The van der Waals surface area contributed by atoms with Crippen LogP contribution in [0.15, 0.2) is 35.9 Å². The van der Waals surface area contributed by atoms with Crippen LogP contribution in [0.3, 0.4) is 0 Å². The number of benzene rings is 1. The van der Waals surface area contributed by atoms with E-state index < -0.39 is 0 Å². The molecule has 30 heavy (non-hydrogen) atoms. The number of allylic oxidation sites excluding steroid dienone is 1. The highest BCUT2D eigenvalue weighted by Crippen LogP contribution is 2.19. The predicted molar refractivity (Wildman–Crippen MR) is 115 cm³/mol. The Morgan fingerprint density at radius 3 is 2.67 bits per heavy atom. The molecule has 6 nitrogen and oxygen atoms in total. The van der Waals surface area contributed by atoms with Gasteiger partial charge in [0.2, 0.25) is 0 Å². The Balaban J connectivity index is 1.35. The van der Waals surface area contributed by atoms with Crippen molar-refractivity contribution in [1.82, 2.24) is 5.32 Å². The SMILES string of the molecule is C[C@@H](C(=O)NCCC1=CCCCC1)[NH+]1CC[NH+](CC(=O)Nc2cccc(F)c2)CC1. The predicted octanol–water partition coefficient (Wildman–Crippen LogP) is -0.0572. The monoisotopic (exact) mass is 418 g/mol. The van der Waals surface area contributed by atoms with Gasteiger partial charge in [0.05, 0.1) is 0 Å². The van der Waals surface area contributed by atoms with E-state index in [2.05, 4.69) is 16.7 Å². The quantitative estimate of drug-likeness (QED) is 0.447. The molecule has 1 aromatic carbocycles. The van der Waals surface area contributed by atoms with Gasteiger partial charge >= 0.3 is 0 Å². The summed E-state index contributed by atoms with van der Waals surface area (Å²) in [6.45, 7) is 6.49. The van der Waals surface area contributed by atoms with Crippen LogP contribution in [0, 0.1) is 5.82 Å². The molecule has 1 heterocycles. The topological polar surface area (TPSA) is 67.1 Å². The number of carbonyl (C=O) groups is 2. The summed E-state index contributed by atoms with van der Waals surface area (Å²) in [5, 5.41) is 5.86. The molecule has 1 fully saturated rings. The molecule has 2 amide bonds. The maximum atomic E-state index is 13.2. The molecule has 164 valence electrons. The molecule has 1 atom stereocenters. The highest BCUT2D eigenvalue weighted by Gasteiger charge is 2.31. The van der Waals surface area contributed by atoms with Gasteiger partial charge in [-0.3, -0.25) is 9.59 Å². The van der Waals surface area contributed by atoms with Gasteiger partial charge in [-0.15, -0.1) is 0 Å². The molecule has 1 aliphatic heterocycles. The van der Waals surface area contributed by atoms with Gasteiger partial charge in [-0.05, 0) is 57.2 Å². The van der Waals surface area contributed by atoms with E-state index in [-0.39, 0.29) is 23.7 Å². The fourth-order valence-electron chi connectivity index (χ4n) is 4.35. The molecule has 0 spiro atoms. The van der Waals surface area contributed by atoms with Crippen LogP contribution < -0.4 is 20.4 Å². The second kappa shape index (κ2) is 11.2. The maximum absolute atomic E-state index is 13.2. The van der Waals surface area contributed by atoms with Crippen molar-refractivity contribution < 1.29 is 23.8 Å². The smallest absolute Gasteiger partial charge is 0.279 e. The highest BCUT2D eigenvalue weighted by atomic mass is 19.1.